The molecule has 0 radical (unpaired) electrons. The molecule has 0 fully saturated rings. The number of carbonyl (C=O) groups excluding carboxylic acids is 1. The lowest BCUT2D eigenvalue weighted by atomic mass is 10.7. The molecule has 0 saturated heterocycles. The maximum Gasteiger partial charge on any atom is 0.414 e. The highest BCUT2D eigenvalue weighted by molar-refractivity contribution is 5.75. The van der Waals surface area contributed by atoms with Gasteiger partial charge in [-0.05, 0) is 6.92 Å². The minimum Gasteiger partial charge on any atom is -0.372 e. The molecule has 1 amide bonds. The lowest BCUT2D eigenvalue weighted by Gasteiger charge is -2.07. The second-order valence-corrected chi connectivity index (χ2v) is 2.07. The average Bonchev–Trinajstić information content (AvgIpc) is 1.98. The fourth-order valence-corrected chi connectivity index (χ4v) is 0.423. The summed E-state index contributed by atoms with van der Waals surface area (Å²) in [6.45, 7) is 0.149. The van der Waals surface area contributed by atoms with Gasteiger partial charge in [0.05, 0.1) is 0 Å². The Morgan fingerprint density at radius 3 is 2.54 bits per heavy atom. The Hall–Kier alpha value is -0.820. The van der Waals surface area contributed by atoms with Crippen molar-refractivity contribution in [2.75, 3.05) is 19.8 Å². The predicted molar refractivity (Wildman–Crippen MR) is 36.6 cm³/mol. The number of hydrogen-bond donors (Lipinski definition) is 1. The highest BCUT2D eigenvalue weighted by Gasteiger charge is 2.28. The van der Waals surface area contributed by atoms with Gasteiger partial charge in [-0.2, -0.15) is 13.2 Å². The van der Waals surface area contributed by atoms with Gasteiger partial charge in [0.25, 0.3) is 5.91 Å². The van der Waals surface area contributed by atoms with Crippen molar-refractivity contribution in [2.24, 2.45) is 0 Å². The van der Waals surface area contributed by atoms with Crippen LogP contribution in [0.25, 0.3) is 0 Å². The maximum absolute atomic E-state index is 11.5. The molecule has 0 aromatic carbocycles. The van der Waals surface area contributed by atoms with E-state index in [1.165, 1.54) is 0 Å². The van der Waals surface area contributed by atoms with Crippen molar-refractivity contribution in [3.63, 3.8) is 0 Å². The van der Waals surface area contributed by atoms with Crippen molar-refractivity contribution >= 4 is 5.91 Å². The van der Waals surface area contributed by atoms with Crippen molar-refractivity contribution < 1.29 is 27.5 Å². The van der Waals surface area contributed by atoms with E-state index >= 15 is 0 Å². The van der Waals surface area contributed by atoms with E-state index in [1.54, 1.807) is 12.4 Å². The van der Waals surface area contributed by atoms with Crippen LogP contribution in [-0.2, 0) is 14.4 Å². The summed E-state index contributed by atoms with van der Waals surface area (Å²) in [6, 6.07) is 0. The molecule has 0 rings (SSSR count). The number of hydrogen-bond acceptors (Lipinski definition) is 3. The van der Waals surface area contributed by atoms with Gasteiger partial charge in [-0.25, -0.2) is 5.48 Å². The monoisotopic (exact) mass is 201 g/mol. The molecule has 0 bridgehead atoms. The third-order valence-corrected chi connectivity index (χ3v) is 0.859. The number of alkyl halides is 3. The molecular formula is C6H10F3NO3. The van der Waals surface area contributed by atoms with Crippen LogP contribution < -0.4 is 5.48 Å². The van der Waals surface area contributed by atoms with Crippen LogP contribution in [0.1, 0.15) is 6.92 Å². The zero-order valence-corrected chi connectivity index (χ0v) is 6.98. The second kappa shape index (κ2) is 5.76. The Kier molecular flexibility index (Phi) is 5.40. The zero-order chi connectivity index (χ0) is 10.3. The Morgan fingerprint density at radius 1 is 1.46 bits per heavy atom. The van der Waals surface area contributed by atoms with E-state index in [1.807, 2.05) is 0 Å². The number of nitrogens with one attached hydrogen (secondary N) is 1. The van der Waals surface area contributed by atoms with Crippen LogP contribution in [0.2, 0.25) is 0 Å². The van der Waals surface area contributed by atoms with E-state index in [4.69, 9.17) is 0 Å². The summed E-state index contributed by atoms with van der Waals surface area (Å²) < 4.78 is 39.0. The van der Waals surface area contributed by atoms with Crippen molar-refractivity contribution in [1.29, 1.82) is 0 Å². The van der Waals surface area contributed by atoms with Crippen molar-refractivity contribution in [3.05, 3.63) is 0 Å². The Labute approximate surface area is 73.0 Å². The SMILES string of the molecule is CCOCC(=O)NOCC(F)(F)F. The summed E-state index contributed by atoms with van der Waals surface area (Å²) in [7, 11) is 0. The van der Waals surface area contributed by atoms with Gasteiger partial charge in [-0.3, -0.25) is 9.63 Å². The van der Waals surface area contributed by atoms with Gasteiger partial charge in [-0.1, -0.05) is 0 Å². The maximum atomic E-state index is 11.5. The van der Waals surface area contributed by atoms with Crippen LogP contribution in [0, 0.1) is 0 Å². The first-order valence-corrected chi connectivity index (χ1v) is 3.51. The summed E-state index contributed by atoms with van der Waals surface area (Å²) in [4.78, 5) is 14.4. The number of ether oxygens (including phenoxy) is 1. The van der Waals surface area contributed by atoms with E-state index in [0.717, 1.165) is 0 Å². The summed E-state index contributed by atoms with van der Waals surface area (Å²) in [5, 5.41) is 0. The normalized spacial score (nSPS) is 11.4. The van der Waals surface area contributed by atoms with Gasteiger partial charge < -0.3 is 4.74 Å². The third kappa shape index (κ3) is 9.09. The minimum atomic E-state index is -4.45. The van der Waals surface area contributed by atoms with Gasteiger partial charge in [0.1, 0.15) is 6.61 Å². The van der Waals surface area contributed by atoms with Crippen LogP contribution in [-0.4, -0.2) is 31.9 Å². The van der Waals surface area contributed by atoms with Gasteiger partial charge in [0.2, 0.25) is 0 Å². The second-order valence-electron chi connectivity index (χ2n) is 2.07. The lowest BCUT2D eigenvalue weighted by molar-refractivity contribution is -0.192. The number of hydroxylamine groups is 1. The summed E-state index contributed by atoms with van der Waals surface area (Å²) in [6.07, 6.45) is -4.45. The Morgan fingerprint density at radius 2 is 2.08 bits per heavy atom. The summed E-state index contributed by atoms with van der Waals surface area (Å²) in [5.41, 5.74) is 1.59. The topological polar surface area (TPSA) is 47.6 Å². The molecule has 0 aromatic rings. The fourth-order valence-electron chi connectivity index (χ4n) is 0.423. The number of rotatable bonds is 5. The van der Waals surface area contributed by atoms with Crippen molar-refractivity contribution in [1.82, 2.24) is 5.48 Å². The lowest BCUT2D eigenvalue weighted by Crippen LogP contribution is -2.32. The number of carbonyl (C=O) groups is 1. The molecular weight excluding hydrogens is 191 g/mol. The minimum absolute atomic E-state index is 0.311. The Balaban J connectivity index is 3.37. The molecule has 0 atom stereocenters. The standard InChI is InChI=1S/C6H10F3NO3/c1-2-12-3-5(11)10-13-4-6(7,8)9/h2-4H2,1H3,(H,10,11). The van der Waals surface area contributed by atoms with Gasteiger partial charge in [0.15, 0.2) is 6.61 Å². The molecule has 1 N–H and O–H groups in total. The Bertz CT molecular complexity index is 160. The van der Waals surface area contributed by atoms with Gasteiger partial charge in [-0.15, -0.1) is 0 Å². The predicted octanol–water partition coefficient (Wildman–Crippen LogP) is 0.633. The summed E-state index contributed by atoms with van der Waals surface area (Å²) >= 11 is 0. The highest BCUT2D eigenvalue weighted by atomic mass is 19.4. The van der Waals surface area contributed by atoms with Crippen molar-refractivity contribution in [2.45, 2.75) is 13.1 Å². The smallest absolute Gasteiger partial charge is 0.372 e. The molecule has 0 aliphatic carbocycles. The first-order chi connectivity index (χ1) is 5.95. The third-order valence-electron chi connectivity index (χ3n) is 0.859. The average molecular weight is 201 g/mol. The van der Waals surface area contributed by atoms with Crippen LogP contribution in [0.4, 0.5) is 13.2 Å². The molecule has 0 aromatic heterocycles. The van der Waals surface area contributed by atoms with Crippen molar-refractivity contribution in [3.8, 4) is 0 Å². The van der Waals surface area contributed by atoms with E-state index in [-0.39, 0.29) is 6.61 Å². The molecule has 0 aliphatic rings. The molecule has 0 unspecified atom stereocenters. The van der Waals surface area contributed by atoms with Gasteiger partial charge >= 0.3 is 6.18 Å². The van der Waals surface area contributed by atoms with Gasteiger partial charge in [0, 0.05) is 6.61 Å². The first kappa shape index (κ1) is 12.2. The molecule has 0 heterocycles. The van der Waals surface area contributed by atoms with E-state index in [9.17, 15) is 18.0 Å². The van der Waals surface area contributed by atoms with E-state index < -0.39 is 18.7 Å². The number of halogens is 3. The molecule has 0 aliphatic heterocycles. The van der Waals surface area contributed by atoms with E-state index in [2.05, 4.69) is 9.57 Å². The highest BCUT2D eigenvalue weighted by Crippen LogP contribution is 2.13. The molecule has 7 heteroatoms. The first-order valence-electron chi connectivity index (χ1n) is 3.51. The van der Waals surface area contributed by atoms with Crippen LogP contribution >= 0.6 is 0 Å². The molecule has 4 nitrogen and oxygen atoms in total. The number of amides is 1. The molecule has 13 heavy (non-hydrogen) atoms. The summed E-state index contributed by atoms with van der Waals surface area (Å²) in [5.74, 6) is -0.744. The van der Waals surface area contributed by atoms with E-state index in [0.29, 0.717) is 6.61 Å². The van der Waals surface area contributed by atoms with Crippen LogP contribution in [0.3, 0.4) is 0 Å². The van der Waals surface area contributed by atoms with Crippen LogP contribution in [0.5, 0.6) is 0 Å². The molecule has 0 spiro atoms. The molecule has 78 valence electrons. The largest absolute Gasteiger partial charge is 0.414 e. The van der Waals surface area contributed by atoms with Crippen LogP contribution in [0.15, 0.2) is 0 Å². The zero-order valence-electron chi connectivity index (χ0n) is 6.98. The molecule has 0 saturated carbocycles. The fraction of sp³-hybridized carbons (Fsp3) is 0.833. The quantitative estimate of drug-likeness (QED) is 0.664.